The van der Waals surface area contributed by atoms with Crippen LogP contribution in [0.2, 0.25) is 0 Å². The van der Waals surface area contributed by atoms with Crippen LogP contribution in [0.3, 0.4) is 0 Å². The van der Waals surface area contributed by atoms with Gasteiger partial charge in [0.2, 0.25) is 0 Å². The minimum absolute atomic E-state index is 0.00406. The highest BCUT2D eigenvalue weighted by Crippen LogP contribution is 2.18. The van der Waals surface area contributed by atoms with Gasteiger partial charge in [0.1, 0.15) is 0 Å². The summed E-state index contributed by atoms with van der Waals surface area (Å²) < 4.78 is 28.8. The molecular formula is C11H16N2O4S. The summed E-state index contributed by atoms with van der Waals surface area (Å²) in [6, 6.07) is 6.68. The van der Waals surface area contributed by atoms with Crippen molar-refractivity contribution in [1.29, 1.82) is 0 Å². The first-order chi connectivity index (χ1) is 8.40. The first-order valence-electron chi connectivity index (χ1n) is 5.41. The number of nitrogens with two attached hydrogens (primary N) is 1. The van der Waals surface area contributed by atoms with Crippen LogP contribution >= 0.6 is 0 Å². The molecule has 0 aliphatic heterocycles. The maximum Gasteiger partial charge on any atom is 0.412 e. The number of nitrogens with zero attached hydrogens (tertiary/aromatic N) is 1. The number of rotatable bonds is 5. The molecule has 1 aromatic rings. The zero-order valence-corrected chi connectivity index (χ0v) is 11.1. The van der Waals surface area contributed by atoms with Crippen LogP contribution in [-0.2, 0) is 25.8 Å². The summed E-state index contributed by atoms with van der Waals surface area (Å²) in [6.45, 7) is 1.82. The Kier molecular flexibility index (Phi) is 4.69. The van der Waals surface area contributed by atoms with Crippen LogP contribution in [-0.4, -0.2) is 21.4 Å². The molecule has 6 nitrogen and oxygen atoms in total. The fourth-order valence-electron chi connectivity index (χ4n) is 1.24. The van der Waals surface area contributed by atoms with E-state index in [0.717, 1.165) is 9.87 Å². The largest absolute Gasteiger partial charge is 0.412 e. The van der Waals surface area contributed by atoms with Gasteiger partial charge in [0.25, 0.3) is 0 Å². The normalized spacial score (nSPS) is 11.1. The summed E-state index contributed by atoms with van der Waals surface area (Å²) in [5.41, 5.74) is 6.66. The lowest BCUT2D eigenvalue weighted by Gasteiger charge is -2.18. The van der Waals surface area contributed by atoms with Crippen molar-refractivity contribution in [2.24, 2.45) is 5.73 Å². The minimum atomic E-state index is -4.11. The van der Waals surface area contributed by atoms with Gasteiger partial charge in [-0.2, -0.15) is 8.42 Å². The van der Waals surface area contributed by atoms with Crippen molar-refractivity contribution in [3.8, 4) is 0 Å². The van der Waals surface area contributed by atoms with E-state index < -0.39 is 16.3 Å². The second kappa shape index (κ2) is 5.83. The Morgan fingerprint density at radius 3 is 2.67 bits per heavy atom. The second-order valence-electron chi connectivity index (χ2n) is 3.61. The van der Waals surface area contributed by atoms with Crippen molar-refractivity contribution >= 4 is 22.0 Å². The molecule has 0 spiro atoms. The highest BCUT2D eigenvalue weighted by atomic mass is 32.2. The van der Waals surface area contributed by atoms with E-state index >= 15 is 0 Å². The molecule has 0 saturated carbocycles. The molecule has 2 N–H and O–H groups in total. The summed E-state index contributed by atoms with van der Waals surface area (Å²) in [4.78, 5) is 11.0. The standard InChI is InChI=1S/C11H16N2O4S/c1-3-11(14)17-18(15,16)13(2)10-6-4-5-9(7-10)8-12/h4-7H,3,8,12H2,1-2H3. The van der Waals surface area contributed by atoms with E-state index in [1.807, 2.05) is 0 Å². The lowest BCUT2D eigenvalue weighted by molar-refractivity contribution is -0.133. The smallest absolute Gasteiger partial charge is 0.330 e. The highest BCUT2D eigenvalue weighted by Gasteiger charge is 2.22. The molecule has 1 rings (SSSR count). The molecule has 0 amide bonds. The molecule has 0 aliphatic carbocycles. The molecule has 0 aliphatic rings. The Hall–Kier alpha value is -1.60. The quantitative estimate of drug-likeness (QED) is 0.855. The first kappa shape index (κ1) is 14.5. The lowest BCUT2D eigenvalue weighted by atomic mass is 10.2. The number of carbonyl (C=O) groups is 1. The van der Waals surface area contributed by atoms with E-state index in [9.17, 15) is 13.2 Å². The SMILES string of the molecule is CCC(=O)OS(=O)(=O)N(C)c1cccc(CN)c1. The Balaban J connectivity index is 2.98. The molecule has 18 heavy (non-hydrogen) atoms. The number of hydrogen-bond acceptors (Lipinski definition) is 5. The molecule has 1 aromatic carbocycles. The van der Waals surface area contributed by atoms with E-state index in [4.69, 9.17) is 5.73 Å². The van der Waals surface area contributed by atoms with Crippen LogP contribution in [0.25, 0.3) is 0 Å². The van der Waals surface area contributed by atoms with Crippen LogP contribution in [0.4, 0.5) is 5.69 Å². The van der Waals surface area contributed by atoms with Crippen LogP contribution in [0, 0.1) is 0 Å². The van der Waals surface area contributed by atoms with E-state index in [1.165, 1.54) is 14.0 Å². The maximum atomic E-state index is 11.8. The summed E-state index contributed by atoms with van der Waals surface area (Å²) >= 11 is 0. The molecule has 100 valence electrons. The minimum Gasteiger partial charge on any atom is -0.330 e. The summed E-state index contributed by atoms with van der Waals surface area (Å²) in [7, 11) is -2.79. The number of benzene rings is 1. The van der Waals surface area contributed by atoms with Crippen LogP contribution < -0.4 is 10.0 Å². The van der Waals surface area contributed by atoms with Gasteiger partial charge in [0.05, 0.1) is 5.69 Å². The Labute approximate surface area is 107 Å². The van der Waals surface area contributed by atoms with E-state index in [2.05, 4.69) is 4.18 Å². The number of hydrogen-bond donors (Lipinski definition) is 1. The molecule has 0 heterocycles. The van der Waals surface area contributed by atoms with Gasteiger partial charge in [-0.15, -0.1) is 0 Å². The molecule has 0 fully saturated rings. The third kappa shape index (κ3) is 3.44. The highest BCUT2D eigenvalue weighted by molar-refractivity contribution is 7.88. The third-order valence-electron chi connectivity index (χ3n) is 2.33. The van der Waals surface area contributed by atoms with E-state index in [0.29, 0.717) is 12.2 Å². The molecule has 0 atom stereocenters. The molecule has 0 bridgehead atoms. The predicted octanol–water partition coefficient (Wildman–Crippen LogP) is 0.779. The van der Waals surface area contributed by atoms with E-state index in [-0.39, 0.29) is 6.42 Å². The molecule has 0 unspecified atom stereocenters. The molecule has 0 saturated heterocycles. The van der Waals surface area contributed by atoms with Gasteiger partial charge in [0, 0.05) is 20.0 Å². The fraction of sp³-hybridized carbons (Fsp3) is 0.364. The van der Waals surface area contributed by atoms with Gasteiger partial charge in [-0.05, 0) is 17.7 Å². The average molecular weight is 272 g/mol. The van der Waals surface area contributed by atoms with Crippen molar-refractivity contribution in [3.05, 3.63) is 29.8 Å². The second-order valence-corrected chi connectivity index (χ2v) is 5.18. The average Bonchev–Trinajstić information content (AvgIpc) is 2.37. The van der Waals surface area contributed by atoms with Gasteiger partial charge in [-0.25, -0.2) is 4.31 Å². The van der Waals surface area contributed by atoms with E-state index in [1.54, 1.807) is 24.3 Å². The Bertz CT molecular complexity index is 528. The molecule has 0 radical (unpaired) electrons. The zero-order valence-electron chi connectivity index (χ0n) is 10.3. The van der Waals surface area contributed by atoms with Gasteiger partial charge >= 0.3 is 16.3 Å². The maximum absolute atomic E-state index is 11.8. The number of anilines is 1. The molecular weight excluding hydrogens is 256 g/mol. The predicted molar refractivity (Wildman–Crippen MR) is 68.0 cm³/mol. The molecule has 0 aromatic heterocycles. The Morgan fingerprint density at radius 1 is 1.44 bits per heavy atom. The van der Waals surface area contributed by atoms with Gasteiger partial charge in [0.15, 0.2) is 0 Å². The lowest BCUT2D eigenvalue weighted by Crippen LogP contribution is -2.30. The molecule has 7 heteroatoms. The fourth-order valence-corrected chi connectivity index (χ4v) is 2.08. The van der Waals surface area contributed by atoms with Gasteiger partial charge in [-0.3, -0.25) is 4.79 Å². The number of carbonyl (C=O) groups excluding carboxylic acids is 1. The van der Waals surface area contributed by atoms with Gasteiger partial charge < -0.3 is 9.92 Å². The van der Waals surface area contributed by atoms with Gasteiger partial charge in [-0.1, -0.05) is 19.1 Å². The third-order valence-corrected chi connectivity index (χ3v) is 3.61. The van der Waals surface area contributed by atoms with Crippen molar-refractivity contribution in [1.82, 2.24) is 0 Å². The van der Waals surface area contributed by atoms with Crippen molar-refractivity contribution in [2.75, 3.05) is 11.4 Å². The van der Waals surface area contributed by atoms with Crippen molar-refractivity contribution < 1.29 is 17.4 Å². The van der Waals surface area contributed by atoms with Crippen molar-refractivity contribution in [3.63, 3.8) is 0 Å². The summed E-state index contributed by atoms with van der Waals surface area (Å²) in [6.07, 6.45) is -0.00406. The zero-order chi connectivity index (χ0) is 13.8. The van der Waals surface area contributed by atoms with Crippen LogP contribution in [0.15, 0.2) is 24.3 Å². The van der Waals surface area contributed by atoms with Crippen molar-refractivity contribution in [2.45, 2.75) is 19.9 Å². The van der Waals surface area contributed by atoms with Crippen LogP contribution in [0.1, 0.15) is 18.9 Å². The monoisotopic (exact) mass is 272 g/mol. The first-order valence-corrected chi connectivity index (χ1v) is 6.77. The summed E-state index contributed by atoms with van der Waals surface area (Å²) in [5, 5.41) is 0. The summed E-state index contributed by atoms with van der Waals surface area (Å²) in [5.74, 6) is -0.795. The van der Waals surface area contributed by atoms with Crippen LogP contribution in [0.5, 0.6) is 0 Å². The topological polar surface area (TPSA) is 89.7 Å². The Morgan fingerprint density at radius 2 is 2.11 bits per heavy atom.